The van der Waals surface area contributed by atoms with Crippen LogP contribution in [0.4, 0.5) is 4.79 Å². The Labute approximate surface area is 50.2 Å². The van der Waals surface area contributed by atoms with Crippen molar-refractivity contribution in [3.63, 3.8) is 0 Å². The third-order valence-corrected chi connectivity index (χ3v) is 0.852. The quantitative estimate of drug-likeness (QED) is 0.338. The van der Waals surface area contributed by atoms with E-state index >= 15 is 0 Å². The van der Waals surface area contributed by atoms with Gasteiger partial charge in [0.05, 0.1) is 0 Å². The first kappa shape index (κ1) is 5.83. The van der Waals surface area contributed by atoms with E-state index in [-0.39, 0.29) is 0 Å². The molecule has 1 unspecified atom stereocenters. The van der Waals surface area contributed by atoms with Crippen molar-refractivity contribution >= 4 is 12.0 Å². The highest BCUT2D eigenvalue weighted by Crippen LogP contribution is 1.81. The summed E-state index contributed by atoms with van der Waals surface area (Å²) in [6.07, 6.45) is -1.00. The number of amides is 2. The van der Waals surface area contributed by atoms with E-state index < -0.39 is 18.2 Å². The van der Waals surface area contributed by atoms with E-state index in [1.807, 2.05) is 0 Å². The van der Waals surface area contributed by atoms with Gasteiger partial charge in [0.2, 0.25) is 0 Å². The number of hydrogen-bond acceptors (Lipinski definition) is 3. The Kier molecular flexibility index (Phi) is 1.23. The van der Waals surface area contributed by atoms with E-state index in [0.29, 0.717) is 0 Å². The molecule has 50 valence electrons. The Morgan fingerprint density at radius 3 is 2.56 bits per heavy atom. The first-order valence-electron chi connectivity index (χ1n) is 2.25. The van der Waals surface area contributed by atoms with Crippen LogP contribution in [0.15, 0.2) is 0 Å². The molecule has 1 saturated heterocycles. The van der Waals surface area contributed by atoms with Crippen molar-refractivity contribution in [2.75, 3.05) is 0 Å². The summed E-state index contributed by atoms with van der Waals surface area (Å²) in [5, 5.41) is 10.3. The lowest BCUT2D eigenvalue weighted by atomic mass is 10.5. The molecule has 0 aromatic rings. The molecule has 6 nitrogen and oxygen atoms in total. The summed E-state index contributed by atoms with van der Waals surface area (Å²) in [6, 6.07) is -0.526. The molecule has 1 rings (SSSR count). The molecule has 0 spiro atoms. The molecule has 1 heterocycles. The van der Waals surface area contributed by atoms with Crippen molar-refractivity contribution in [3.8, 4) is 0 Å². The van der Waals surface area contributed by atoms with Crippen molar-refractivity contribution < 1.29 is 14.7 Å². The highest BCUT2D eigenvalue weighted by molar-refractivity contribution is 5.84. The summed E-state index contributed by atoms with van der Waals surface area (Å²) in [5.74, 6) is -1.12. The summed E-state index contributed by atoms with van der Waals surface area (Å²) < 4.78 is 0. The number of carbonyl (C=O) groups excluding carboxylic acids is 1. The van der Waals surface area contributed by atoms with Gasteiger partial charge >= 0.3 is 12.0 Å². The summed E-state index contributed by atoms with van der Waals surface area (Å²) in [4.78, 5) is 20.2. The minimum absolute atomic E-state index is 0.526. The van der Waals surface area contributed by atoms with E-state index in [9.17, 15) is 9.59 Å². The predicted octanol–water partition coefficient (Wildman–Crippen LogP) is -1.79. The van der Waals surface area contributed by atoms with Gasteiger partial charge in [-0.3, -0.25) is 5.43 Å². The molecule has 1 atom stereocenters. The normalized spacial score (nSPS) is 24.9. The van der Waals surface area contributed by atoms with Crippen molar-refractivity contribution in [3.05, 3.63) is 0 Å². The van der Waals surface area contributed by atoms with Crippen molar-refractivity contribution in [1.29, 1.82) is 0 Å². The standard InChI is InChI=1S/C3H5N3O3/c7-2(8)1-4-3(9)6-5-1/h1,5H,(H,7,8)(H2,4,6,9). The topological polar surface area (TPSA) is 90.5 Å². The van der Waals surface area contributed by atoms with Crippen molar-refractivity contribution in [1.82, 2.24) is 16.2 Å². The molecule has 2 amide bonds. The van der Waals surface area contributed by atoms with Gasteiger partial charge in [-0.1, -0.05) is 0 Å². The lowest BCUT2D eigenvalue weighted by molar-refractivity contribution is -0.139. The predicted molar refractivity (Wildman–Crippen MR) is 26.2 cm³/mol. The fraction of sp³-hybridized carbons (Fsp3) is 0.333. The van der Waals surface area contributed by atoms with Crippen LogP contribution in [0.2, 0.25) is 0 Å². The lowest BCUT2D eigenvalue weighted by Gasteiger charge is -1.98. The first-order chi connectivity index (χ1) is 4.20. The van der Waals surface area contributed by atoms with Crippen LogP contribution in [0, 0.1) is 0 Å². The highest BCUT2D eigenvalue weighted by atomic mass is 16.4. The maximum atomic E-state index is 10.2. The number of carboxylic acids is 1. The molecule has 9 heavy (non-hydrogen) atoms. The second-order valence-electron chi connectivity index (χ2n) is 1.51. The maximum absolute atomic E-state index is 10.2. The van der Waals surface area contributed by atoms with E-state index in [0.717, 1.165) is 0 Å². The number of urea groups is 1. The Hall–Kier alpha value is -1.30. The average Bonchev–Trinajstić information content (AvgIpc) is 2.14. The maximum Gasteiger partial charge on any atom is 0.343 e. The largest absolute Gasteiger partial charge is 0.479 e. The smallest absolute Gasteiger partial charge is 0.343 e. The Morgan fingerprint density at radius 1 is 1.67 bits per heavy atom. The van der Waals surface area contributed by atoms with Gasteiger partial charge in [0.15, 0.2) is 6.17 Å². The van der Waals surface area contributed by atoms with Gasteiger partial charge < -0.3 is 10.4 Å². The second-order valence-corrected chi connectivity index (χ2v) is 1.51. The molecule has 0 aromatic carbocycles. The van der Waals surface area contributed by atoms with Crippen LogP contribution in [0.3, 0.4) is 0 Å². The number of nitrogens with one attached hydrogen (secondary N) is 3. The Balaban J connectivity index is 2.48. The number of hydrogen-bond donors (Lipinski definition) is 4. The summed E-state index contributed by atoms with van der Waals surface area (Å²) in [5.41, 5.74) is 4.27. The van der Waals surface area contributed by atoms with Crippen molar-refractivity contribution in [2.24, 2.45) is 0 Å². The molecule has 0 aliphatic carbocycles. The van der Waals surface area contributed by atoms with Gasteiger partial charge in [0.25, 0.3) is 0 Å². The molecule has 0 saturated carbocycles. The van der Waals surface area contributed by atoms with Gasteiger partial charge in [-0.15, -0.1) is 0 Å². The van der Waals surface area contributed by atoms with Gasteiger partial charge in [0, 0.05) is 0 Å². The molecule has 0 radical (unpaired) electrons. The third-order valence-electron chi connectivity index (χ3n) is 0.852. The van der Waals surface area contributed by atoms with Gasteiger partial charge in [-0.2, -0.15) is 0 Å². The van der Waals surface area contributed by atoms with Crippen LogP contribution in [-0.2, 0) is 4.79 Å². The molecular weight excluding hydrogens is 126 g/mol. The van der Waals surface area contributed by atoms with Crippen LogP contribution >= 0.6 is 0 Å². The number of carboxylic acid groups (broad SMARTS) is 1. The molecule has 1 fully saturated rings. The van der Waals surface area contributed by atoms with Crippen LogP contribution in [0.1, 0.15) is 0 Å². The Bertz CT molecular complexity index is 156. The first-order valence-corrected chi connectivity index (χ1v) is 2.25. The zero-order valence-corrected chi connectivity index (χ0v) is 4.34. The third kappa shape index (κ3) is 1.08. The molecule has 6 heteroatoms. The zero-order chi connectivity index (χ0) is 6.85. The fourth-order valence-electron chi connectivity index (χ4n) is 0.464. The molecular formula is C3H5N3O3. The van der Waals surface area contributed by atoms with E-state index in [4.69, 9.17) is 5.11 Å². The average molecular weight is 131 g/mol. The number of aliphatic carboxylic acids is 1. The minimum Gasteiger partial charge on any atom is -0.479 e. The van der Waals surface area contributed by atoms with E-state index in [1.165, 1.54) is 0 Å². The fourth-order valence-corrected chi connectivity index (χ4v) is 0.464. The van der Waals surface area contributed by atoms with Crippen LogP contribution in [-0.4, -0.2) is 23.3 Å². The van der Waals surface area contributed by atoms with Gasteiger partial charge in [-0.05, 0) is 0 Å². The number of rotatable bonds is 1. The molecule has 1 aliphatic rings. The summed E-state index contributed by atoms with van der Waals surface area (Å²) in [6.45, 7) is 0. The van der Waals surface area contributed by atoms with Crippen LogP contribution < -0.4 is 16.2 Å². The number of carbonyl (C=O) groups is 2. The molecule has 4 N–H and O–H groups in total. The van der Waals surface area contributed by atoms with Crippen LogP contribution in [0.25, 0.3) is 0 Å². The molecule has 0 bridgehead atoms. The monoisotopic (exact) mass is 131 g/mol. The van der Waals surface area contributed by atoms with Gasteiger partial charge in [0.1, 0.15) is 0 Å². The SMILES string of the molecule is O=C1NNC(C(=O)O)N1. The van der Waals surface area contributed by atoms with E-state index in [1.54, 1.807) is 0 Å². The number of hydrazine groups is 1. The van der Waals surface area contributed by atoms with Gasteiger partial charge in [-0.25, -0.2) is 15.0 Å². The van der Waals surface area contributed by atoms with Crippen LogP contribution in [0.5, 0.6) is 0 Å². The zero-order valence-electron chi connectivity index (χ0n) is 4.34. The molecule has 0 aromatic heterocycles. The summed E-state index contributed by atoms with van der Waals surface area (Å²) in [7, 11) is 0. The Morgan fingerprint density at radius 2 is 2.33 bits per heavy atom. The molecule has 1 aliphatic heterocycles. The lowest BCUT2D eigenvalue weighted by Crippen LogP contribution is -2.40. The summed E-state index contributed by atoms with van der Waals surface area (Å²) >= 11 is 0. The second kappa shape index (κ2) is 1.90. The van der Waals surface area contributed by atoms with E-state index in [2.05, 4.69) is 16.2 Å². The minimum atomic E-state index is -1.12. The van der Waals surface area contributed by atoms with Crippen molar-refractivity contribution in [2.45, 2.75) is 6.17 Å². The highest BCUT2D eigenvalue weighted by Gasteiger charge is 2.24.